The number of nitrogens with one attached hydrogen (secondary N) is 1. The number of aromatic hydroxyl groups is 1. The Balaban J connectivity index is 1.45. The van der Waals surface area contributed by atoms with Crippen LogP contribution in [0.2, 0.25) is 5.02 Å². The van der Waals surface area contributed by atoms with E-state index < -0.39 is 0 Å². The molecule has 0 saturated carbocycles. The van der Waals surface area contributed by atoms with Gasteiger partial charge in [0.2, 0.25) is 11.0 Å². The number of H-pyrrole nitrogens is 1. The Labute approximate surface area is 171 Å². The second-order valence-electron chi connectivity index (χ2n) is 6.42. The number of halogens is 2. The van der Waals surface area contributed by atoms with E-state index in [1.54, 1.807) is 30.3 Å². The van der Waals surface area contributed by atoms with Gasteiger partial charge in [0, 0.05) is 36.6 Å². The standard InChI is InChI=1S/C19H17ClFN5OS/c20-12-5-6-15-13(11-12)17(18(27)22-15)23-24-19(28)26-9-7-25(8-10-26)16-4-2-1-3-14(16)21/h1-6,11,22,27H,7-10H2. The van der Waals surface area contributed by atoms with Gasteiger partial charge in [-0.3, -0.25) is 0 Å². The second-order valence-corrected chi connectivity index (χ2v) is 7.22. The molecule has 6 nitrogen and oxygen atoms in total. The largest absolute Gasteiger partial charge is 0.493 e. The number of anilines is 1. The average molecular weight is 418 g/mol. The van der Waals surface area contributed by atoms with Gasteiger partial charge in [0.15, 0.2) is 5.69 Å². The minimum absolute atomic E-state index is 0.0896. The van der Waals surface area contributed by atoms with Crippen LogP contribution >= 0.6 is 23.8 Å². The van der Waals surface area contributed by atoms with E-state index in [2.05, 4.69) is 15.2 Å². The van der Waals surface area contributed by atoms with Crippen molar-refractivity contribution in [2.75, 3.05) is 31.1 Å². The molecule has 1 saturated heterocycles. The summed E-state index contributed by atoms with van der Waals surface area (Å²) in [5.74, 6) is -0.320. The molecular weight excluding hydrogens is 401 g/mol. The molecule has 0 atom stereocenters. The third-order valence-corrected chi connectivity index (χ3v) is 5.27. The van der Waals surface area contributed by atoms with Crippen LogP contribution in [0.15, 0.2) is 52.7 Å². The predicted molar refractivity (Wildman–Crippen MR) is 112 cm³/mol. The molecule has 2 N–H and O–H groups in total. The summed E-state index contributed by atoms with van der Waals surface area (Å²) in [4.78, 5) is 6.73. The zero-order valence-electron chi connectivity index (χ0n) is 14.8. The Kier molecular flexibility index (Phi) is 5.15. The van der Waals surface area contributed by atoms with Crippen molar-refractivity contribution in [1.82, 2.24) is 9.88 Å². The molecule has 0 unspecified atom stereocenters. The minimum atomic E-state index is -0.230. The van der Waals surface area contributed by atoms with Gasteiger partial charge in [0.05, 0.1) is 11.2 Å². The van der Waals surface area contributed by atoms with Gasteiger partial charge in [-0.1, -0.05) is 23.7 Å². The maximum absolute atomic E-state index is 14.0. The highest BCUT2D eigenvalue weighted by atomic mass is 35.5. The molecule has 0 amide bonds. The monoisotopic (exact) mass is 417 g/mol. The Morgan fingerprint density at radius 2 is 1.89 bits per heavy atom. The molecule has 0 aliphatic carbocycles. The molecule has 144 valence electrons. The van der Waals surface area contributed by atoms with Crippen molar-refractivity contribution in [2.45, 2.75) is 0 Å². The zero-order chi connectivity index (χ0) is 19.7. The van der Waals surface area contributed by atoms with Gasteiger partial charge in [0.1, 0.15) is 5.82 Å². The van der Waals surface area contributed by atoms with Gasteiger partial charge in [-0.2, -0.15) is 0 Å². The van der Waals surface area contributed by atoms with E-state index in [0.717, 1.165) is 0 Å². The Bertz CT molecular complexity index is 1060. The molecule has 1 fully saturated rings. The second kappa shape index (κ2) is 7.73. The van der Waals surface area contributed by atoms with Crippen LogP contribution in [-0.4, -0.2) is 46.3 Å². The van der Waals surface area contributed by atoms with Crippen LogP contribution in [0.4, 0.5) is 15.8 Å². The van der Waals surface area contributed by atoms with E-state index in [1.165, 1.54) is 6.07 Å². The fourth-order valence-electron chi connectivity index (χ4n) is 3.24. The van der Waals surface area contributed by atoms with Crippen molar-refractivity contribution in [1.29, 1.82) is 0 Å². The molecule has 1 aromatic heterocycles. The zero-order valence-corrected chi connectivity index (χ0v) is 16.3. The Morgan fingerprint density at radius 1 is 1.14 bits per heavy atom. The molecule has 0 radical (unpaired) electrons. The van der Waals surface area contributed by atoms with Gasteiger partial charge in [-0.15, -0.1) is 10.2 Å². The SMILES string of the molecule is Oc1[nH]c2ccc(Cl)cc2c1N=NC(=S)N1CCN(c2ccccc2F)CC1. The van der Waals surface area contributed by atoms with Gasteiger partial charge in [0.25, 0.3) is 0 Å². The van der Waals surface area contributed by atoms with Gasteiger partial charge in [-0.05, 0) is 42.5 Å². The lowest BCUT2D eigenvalue weighted by atomic mass is 10.2. The highest BCUT2D eigenvalue weighted by molar-refractivity contribution is 7.80. The number of benzene rings is 2. The smallest absolute Gasteiger partial charge is 0.218 e. The van der Waals surface area contributed by atoms with Crippen LogP contribution < -0.4 is 4.90 Å². The highest BCUT2D eigenvalue weighted by Gasteiger charge is 2.21. The first-order chi connectivity index (χ1) is 13.5. The van der Waals surface area contributed by atoms with E-state index >= 15 is 0 Å². The van der Waals surface area contributed by atoms with Crippen LogP contribution in [0, 0.1) is 5.82 Å². The number of nitrogens with zero attached hydrogens (tertiary/aromatic N) is 4. The topological polar surface area (TPSA) is 67.2 Å². The van der Waals surface area contributed by atoms with Crippen LogP contribution in [0.25, 0.3) is 10.9 Å². The summed E-state index contributed by atoms with van der Waals surface area (Å²) >= 11 is 11.4. The van der Waals surface area contributed by atoms with Gasteiger partial charge >= 0.3 is 0 Å². The summed E-state index contributed by atoms with van der Waals surface area (Å²) in [6.45, 7) is 2.48. The van der Waals surface area contributed by atoms with Crippen molar-refractivity contribution in [3.63, 3.8) is 0 Å². The maximum Gasteiger partial charge on any atom is 0.218 e. The number of para-hydroxylation sites is 1. The lowest BCUT2D eigenvalue weighted by Gasteiger charge is -2.36. The third-order valence-electron chi connectivity index (χ3n) is 4.69. The number of fused-ring (bicyclic) bond motifs is 1. The summed E-state index contributed by atoms with van der Waals surface area (Å²) in [7, 11) is 0. The quantitative estimate of drug-likeness (QED) is 0.461. The number of azo groups is 1. The number of piperazine rings is 1. The maximum atomic E-state index is 14.0. The minimum Gasteiger partial charge on any atom is -0.493 e. The molecule has 2 aromatic carbocycles. The van der Waals surface area contributed by atoms with Crippen LogP contribution in [0.1, 0.15) is 0 Å². The van der Waals surface area contributed by atoms with Gasteiger partial charge < -0.3 is 19.9 Å². The lowest BCUT2D eigenvalue weighted by Crippen LogP contribution is -2.48. The Hall–Kier alpha value is -2.71. The summed E-state index contributed by atoms with van der Waals surface area (Å²) in [6.07, 6.45) is 0. The average Bonchev–Trinajstić information content (AvgIpc) is 3.01. The normalized spacial score (nSPS) is 14.9. The Morgan fingerprint density at radius 3 is 2.64 bits per heavy atom. The van der Waals surface area contributed by atoms with Crippen LogP contribution in [0.5, 0.6) is 5.88 Å². The molecule has 1 aliphatic heterocycles. The van der Waals surface area contributed by atoms with E-state index in [4.69, 9.17) is 23.8 Å². The molecule has 2 heterocycles. The first kappa shape index (κ1) is 18.6. The summed E-state index contributed by atoms with van der Waals surface area (Å²) in [6, 6.07) is 11.9. The molecule has 3 aromatic rings. The number of aromatic amines is 1. The molecule has 4 rings (SSSR count). The number of aromatic nitrogens is 1. The summed E-state index contributed by atoms with van der Waals surface area (Å²) < 4.78 is 14.0. The first-order valence-electron chi connectivity index (χ1n) is 8.73. The van der Waals surface area contributed by atoms with Crippen molar-refractivity contribution in [3.8, 4) is 5.88 Å². The van der Waals surface area contributed by atoms with Gasteiger partial charge in [-0.25, -0.2) is 4.39 Å². The summed E-state index contributed by atoms with van der Waals surface area (Å²) in [5, 5.41) is 19.9. The number of hydrogen-bond donors (Lipinski definition) is 2. The molecular formula is C19H17ClFN5OS. The predicted octanol–water partition coefficient (Wildman–Crippen LogP) is 4.86. The fraction of sp³-hybridized carbons (Fsp3) is 0.211. The van der Waals surface area contributed by atoms with E-state index in [-0.39, 0.29) is 11.7 Å². The number of rotatable bonds is 2. The first-order valence-corrected chi connectivity index (χ1v) is 9.52. The molecule has 9 heteroatoms. The third kappa shape index (κ3) is 3.65. The highest BCUT2D eigenvalue weighted by Crippen LogP contribution is 2.36. The van der Waals surface area contributed by atoms with Crippen LogP contribution in [-0.2, 0) is 0 Å². The van der Waals surface area contributed by atoms with Crippen molar-refractivity contribution in [3.05, 3.63) is 53.3 Å². The van der Waals surface area contributed by atoms with Crippen molar-refractivity contribution < 1.29 is 9.50 Å². The number of thiocarbonyl (C=S) groups is 1. The van der Waals surface area contributed by atoms with E-state index in [9.17, 15) is 9.50 Å². The molecule has 0 bridgehead atoms. The van der Waals surface area contributed by atoms with E-state index in [1.807, 2.05) is 15.9 Å². The number of hydrogen-bond acceptors (Lipinski definition) is 4. The summed E-state index contributed by atoms with van der Waals surface area (Å²) in [5.41, 5.74) is 1.60. The fourth-order valence-corrected chi connectivity index (χ4v) is 3.64. The lowest BCUT2D eigenvalue weighted by molar-refractivity contribution is 0.385. The van der Waals surface area contributed by atoms with Crippen LogP contribution in [0.3, 0.4) is 0 Å². The molecule has 1 aliphatic rings. The van der Waals surface area contributed by atoms with Crippen molar-refractivity contribution in [2.24, 2.45) is 10.2 Å². The molecule has 28 heavy (non-hydrogen) atoms. The van der Waals surface area contributed by atoms with E-state index in [0.29, 0.717) is 58.6 Å². The van der Waals surface area contributed by atoms with Crippen molar-refractivity contribution >= 4 is 51.2 Å². The molecule has 0 spiro atoms.